The molecule has 1 heterocycles. The summed E-state index contributed by atoms with van der Waals surface area (Å²) in [6.07, 6.45) is 2.82. The van der Waals surface area contributed by atoms with E-state index < -0.39 is 22.7 Å². The molecule has 0 saturated carbocycles. The highest BCUT2D eigenvalue weighted by atomic mass is 79.9. The van der Waals surface area contributed by atoms with Crippen LogP contribution in [0.2, 0.25) is 0 Å². The van der Waals surface area contributed by atoms with E-state index in [2.05, 4.69) is 31.8 Å². The number of hydrazone groups is 1. The zero-order chi connectivity index (χ0) is 28.5. The van der Waals surface area contributed by atoms with Gasteiger partial charge in [0.05, 0.1) is 16.7 Å². The second kappa shape index (κ2) is 13.2. The molecule has 0 fully saturated rings. The first-order valence-electron chi connectivity index (χ1n) is 11.5. The van der Waals surface area contributed by atoms with Crippen molar-refractivity contribution < 1.29 is 24.0 Å². The van der Waals surface area contributed by atoms with E-state index in [1.165, 1.54) is 54.0 Å². The SMILES string of the molecule is O=C(NN=Cc1cc(Br)ccc1OC(=O)c1ccc([N+](=O)[O-])cc1)/C(=C\c1cccs1)NC(=O)c1ccccc1. The Morgan fingerprint density at radius 2 is 1.70 bits per heavy atom. The second-order valence-electron chi connectivity index (χ2n) is 7.97. The lowest BCUT2D eigenvalue weighted by atomic mass is 10.2. The number of carbonyl (C=O) groups is 3. The zero-order valence-electron chi connectivity index (χ0n) is 20.4. The Kier molecular flexibility index (Phi) is 9.28. The molecule has 0 atom stereocenters. The van der Waals surface area contributed by atoms with Gasteiger partial charge >= 0.3 is 5.97 Å². The Balaban J connectivity index is 1.49. The summed E-state index contributed by atoms with van der Waals surface area (Å²) < 4.78 is 6.12. The van der Waals surface area contributed by atoms with Gasteiger partial charge in [0, 0.05) is 32.6 Å². The number of ether oxygens (including phenoxy) is 1. The molecule has 2 N–H and O–H groups in total. The number of amides is 2. The Labute approximate surface area is 240 Å². The monoisotopic (exact) mass is 618 g/mol. The number of hydrogen-bond donors (Lipinski definition) is 2. The molecule has 0 aliphatic rings. The van der Waals surface area contributed by atoms with Gasteiger partial charge in [-0.3, -0.25) is 19.7 Å². The average Bonchev–Trinajstić information content (AvgIpc) is 3.47. The van der Waals surface area contributed by atoms with Crippen LogP contribution in [-0.2, 0) is 4.79 Å². The van der Waals surface area contributed by atoms with Crippen molar-refractivity contribution in [3.05, 3.63) is 132 Å². The van der Waals surface area contributed by atoms with Crippen LogP contribution >= 0.6 is 27.3 Å². The van der Waals surface area contributed by atoms with Crippen LogP contribution in [0.25, 0.3) is 6.08 Å². The van der Waals surface area contributed by atoms with E-state index in [4.69, 9.17) is 4.74 Å². The van der Waals surface area contributed by atoms with Crippen molar-refractivity contribution in [2.45, 2.75) is 0 Å². The second-order valence-corrected chi connectivity index (χ2v) is 9.86. The van der Waals surface area contributed by atoms with Gasteiger partial charge in [0.15, 0.2) is 0 Å². The third-order valence-electron chi connectivity index (χ3n) is 5.22. The molecule has 0 bridgehead atoms. The fourth-order valence-corrected chi connectivity index (χ4v) is 4.31. The first-order valence-corrected chi connectivity index (χ1v) is 13.2. The van der Waals surface area contributed by atoms with Crippen LogP contribution in [0.1, 0.15) is 31.2 Å². The number of rotatable bonds is 9. The number of carbonyl (C=O) groups excluding carboxylic acids is 3. The standard InChI is InChI=1S/C28H19BrN4O6S/c29-21-10-13-25(39-28(36)19-8-11-22(12-9-19)33(37)38)20(15-21)17-30-32-27(35)24(16-23-7-4-14-40-23)31-26(34)18-5-2-1-3-6-18/h1-17H,(H,31,34)(H,32,35)/b24-16+,30-17?. The summed E-state index contributed by atoms with van der Waals surface area (Å²) in [6, 6.07) is 21.8. The normalized spacial score (nSPS) is 11.2. The molecule has 1 aromatic heterocycles. The van der Waals surface area contributed by atoms with Gasteiger partial charge in [-0.15, -0.1) is 11.3 Å². The van der Waals surface area contributed by atoms with E-state index in [-0.39, 0.29) is 22.7 Å². The van der Waals surface area contributed by atoms with E-state index >= 15 is 0 Å². The molecule has 200 valence electrons. The number of esters is 1. The van der Waals surface area contributed by atoms with E-state index in [9.17, 15) is 24.5 Å². The molecule has 4 aromatic rings. The van der Waals surface area contributed by atoms with Gasteiger partial charge in [-0.1, -0.05) is 40.2 Å². The van der Waals surface area contributed by atoms with Gasteiger partial charge < -0.3 is 10.1 Å². The number of hydrogen-bond acceptors (Lipinski definition) is 8. The van der Waals surface area contributed by atoms with Crippen LogP contribution in [0.15, 0.2) is 106 Å². The summed E-state index contributed by atoms with van der Waals surface area (Å²) in [5, 5.41) is 19.3. The highest BCUT2D eigenvalue weighted by Crippen LogP contribution is 2.23. The predicted molar refractivity (Wildman–Crippen MR) is 154 cm³/mol. The molecule has 0 aliphatic heterocycles. The van der Waals surface area contributed by atoms with Gasteiger partial charge in [0.1, 0.15) is 11.4 Å². The predicted octanol–water partition coefficient (Wildman–Crippen LogP) is 5.56. The van der Waals surface area contributed by atoms with Gasteiger partial charge in [-0.2, -0.15) is 5.10 Å². The largest absolute Gasteiger partial charge is 0.422 e. The fraction of sp³-hybridized carbons (Fsp3) is 0. The van der Waals surface area contributed by atoms with Crippen molar-refractivity contribution in [1.82, 2.24) is 10.7 Å². The number of thiophene rings is 1. The van der Waals surface area contributed by atoms with Gasteiger partial charge in [-0.25, -0.2) is 10.2 Å². The summed E-state index contributed by atoms with van der Waals surface area (Å²) in [6.45, 7) is 0. The van der Waals surface area contributed by atoms with Crippen molar-refractivity contribution in [2.75, 3.05) is 0 Å². The summed E-state index contributed by atoms with van der Waals surface area (Å²) in [5.74, 6) is -1.74. The molecule has 4 rings (SSSR count). The summed E-state index contributed by atoms with van der Waals surface area (Å²) >= 11 is 4.74. The Morgan fingerprint density at radius 3 is 2.38 bits per heavy atom. The lowest BCUT2D eigenvalue weighted by Crippen LogP contribution is -2.32. The summed E-state index contributed by atoms with van der Waals surface area (Å²) in [4.78, 5) is 49.3. The summed E-state index contributed by atoms with van der Waals surface area (Å²) in [7, 11) is 0. The maximum absolute atomic E-state index is 13.0. The van der Waals surface area contributed by atoms with Crippen molar-refractivity contribution in [1.29, 1.82) is 0 Å². The number of nitrogens with one attached hydrogen (secondary N) is 2. The van der Waals surface area contributed by atoms with E-state index in [1.54, 1.807) is 48.5 Å². The van der Waals surface area contributed by atoms with Crippen molar-refractivity contribution >= 4 is 63.0 Å². The lowest BCUT2D eigenvalue weighted by Gasteiger charge is -2.10. The highest BCUT2D eigenvalue weighted by molar-refractivity contribution is 9.10. The van der Waals surface area contributed by atoms with Crippen molar-refractivity contribution in [3.63, 3.8) is 0 Å². The minimum absolute atomic E-state index is 0.0208. The third kappa shape index (κ3) is 7.56. The third-order valence-corrected chi connectivity index (χ3v) is 6.53. The first kappa shape index (κ1) is 28.1. The number of nitrogens with zero attached hydrogens (tertiary/aromatic N) is 2. The topological polar surface area (TPSA) is 140 Å². The maximum atomic E-state index is 13.0. The molecule has 0 spiro atoms. The van der Waals surface area contributed by atoms with Crippen LogP contribution < -0.4 is 15.5 Å². The lowest BCUT2D eigenvalue weighted by molar-refractivity contribution is -0.384. The van der Waals surface area contributed by atoms with Crippen molar-refractivity contribution in [2.24, 2.45) is 5.10 Å². The molecule has 3 aromatic carbocycles. The average molecular weight is 619 g/mol. The maximum Gasteiger partial charge on any atom is 0.343 e. The number of nitro benzene ring substituents is 1. The molecular weight excluding hydrogens is 600 g/mol. The quantitative estimate of drug-likeness (QED) is 0.0628. The van der Waals surface area contributed by atoms with E-state index in [0.717, 1.165) is 4.88 Å². The van der Waals surface area contributed by atoms with E-state index in [1.807, 2.05) is 11.4 Å². The van der Waals surface area contributed by atoms with Gasteiger partial charge in [0.2, 0.25) is 0 Å². The number of halogens is 1. The Morgan fingerprint density at radius 1 is 0.950 bits per heavy atom. The molecule has 0 saturated heterocycles. The minimum atomic E-state index is -0.735. The zero-order valence-corrected chi connectivity index (χ0v) is 22.8. The van der Waals surface area contributed by atoms with E-state index in [0.29, 0.717) is 15.6 Å². The summed E-state index contributed by atoms with van der Waals surface area (Å²) in [5.41, 5.74) is 3.05. The molecule has 0 aliphatic carbocycles. The molecule has 40 heavy (non-hydrogen) atoms. The van der Waals surface area contributed by atoms with Gasteiger partial charge in [-0.05, 0) is 60.0 Å². The fourth-order valence-electron chi connectivity index (χ4n) is 3.27. The minimum Gasteiger partial charge on any atom is -0.422 e. The molecular formula is C28H19BrN4O6S. The number of benzene rings is 3. The van der Waals surface area contributed by atoms with Crippen LogP contribution in [0.3, 0.4) is 0 Å². The first-order chi connectivity index (χ1) is 19.3. The van der Waals surface area contributed by atoms with Gasteiger partial charge in [0.25, 0.3) is 17.5 Å². The van der Waals surface area contributed by atoms with Crippen molar-refractivity contribution in [3.8, 4) is 5.75 Å². The molecule has 10 nitrogen and oxygen atoms in total. The molecule has 2 amide bonds. The highest BCUT2D eigenvalue weighted by Gasteiger charge is 2.16. The Bertz CT molecular complexity index is 1600. The van der Waals surface area contributed by atoms with Crippen LogP contribution in [0.4, 0.5) is 5.69 Å². The van der Waals surface area contributed by atoms with Crippen LogP contribution in [0, 0.1) is 10.1 Å². The van der Waals surface area contributed by atoms with Crippen LogP contribution in [-0.4, -0.2) is 28.9 Å². The molecule has 12 heteroatoms. The molecule has 0 unspecified atom stereocenters. The van der Waals surface area contributed by atoms with Crippen LogP contribution in [0.5, 0.6) is 5.75 Å². The number of non-ortho nitro benzene ring substituents is 1. The smallest absolute Gasteiger partial charge is 0.343 e. The Hall–Kier alpha value is -4.94. The molecule has 0 radical (unpaired) electrons. The number of nitro groups is 1.